The Morgan fingerprint density at radius 1 is 1.40 bits per heavy atom. The molecular weight excluding hydrogens is 222 g/mol. The van der Waals surface area contributed by atoms with E-state index in [4.69, 9.17) is 0 Å². The molecule has 1 nitrogen and oxygen atoms in total. The van der Waals surface area contributed by atoms with E-state index in [2.05, 4.69) is 38.1 Å². The molecular formula is C12H21NS2. The van der Waals surface area contributed by atoms with E-state index in [1.54, 1.807) is 0 Å². The van der Waals surface area contributed by atoms with Crippen LogP contribution >= 0.6 is 23.1 Å². The van der Waals surface area contributed by atoms with Crippen molar-refractivity contribution in [2.45, 2.75) is 45.8 Å². The predicted octanol–water partition coefficient (Wildman–Crippen LogP) is 4.55. The third-order valence-corrected chi connectivity index (χ3v) is 4.79. The predicted molar refractivity (Wildman–Crippen MR) is 71.8 cm³/mol. The summed E-state index contributed by atoms with van der Waals surface area (Å²) >= 11 is 3.81. The molecule has 86 valence electrons. The van der Waals surface area contributed by atoms with Gasteiger partial charge >= 0.3 is 0 Å². The first kappa shape index (κ1) is 13.0. The maximum atomic E-state index is 4.68. The lowest BCUT2D eigenvalue weighted by molar-refractivity contribution is 0.711. The highest BCUT2D eigenvalue weighted by molar-refractivity contribution is 7.98. The molecule has 1 aromatic rings. The lowest BCUT2D eigenvalue weighted by atomic mass is 10.1. The summed E-state index contributed by atoms with van der Waals surface area (Å²) < 4.78 is 0. The minimum atomic E-state index is 0.616. The molecule has 0 N–H and O–H groups in total. The molecule has 0 amide bonds. The van der Waals surface area contributed by atoms with Crippen LogP contribution in [0.5, 0.6) is 0 Å². The summed E-state index contributed by atoms with van der Waals surface area (Å²) in [6, 6.07) is 0. The van der Waals surface area contributed by atoms with Crippen LogP contribution in [-0.2, 0) is 5.75 Å². The molecule has 15 heavy (non-hydrogen) atoms. The molecule has 0 saturated heterocycles. The van der Waals surface area contributed by atoms with Crippen molar-refractivity contribution in [3.05, 3.63) is 16.1 Å². The second kappa shape index (κ2) is 6.54. The van der Waals surface area contributed by atoms with Gasteiger partial charge in [0.25, 0.3) is 0 Å². The summed E-state index contributed by atoms with van der Waals surface area (Å²) in [7, 11) is 0. The van der Waals surface area contributed by atoms with Crippen molar-refractivity contribution in [1.29, 1.82) is 0 Å². The van der Waals surface area contributed by atoms with E-state index in [-0.39, 0.29) is 0 Å². The zero-order valence-electron chi connectivity index (χ0n) is 10.1. The van der Waals surface area contributed by atoms with Crippen LogP contribution in [0.3, 0.4) is 0 Å². The van der Waals surface area contributed by atoms with E-state index in [1.807, 2.05) is 23.1 Å². The van der Waals surface area contributed by atoms with Crippen LogP contribution < -0.4 is 0 Å². The lowest BCUT2D eigenvalue weighted by Gasteiger charge is -2.03. The summed E-state index contributed by atoms with van der Waals surface area (Å²) in [5, 5.41) is 3.51. The molecule has 0 aliphatic carbocycles. The number of thiazole rings is 1. The summed E-state index contributed by atoms with van der Waals surface area (Å²) in [6.45, 7) is 9.00. The Morgan fingerprint density at radius 2 is 2.13 bits per heavy atom. The van der Waals surface area contributed by atoms with Crippen molar-refractivity contribution < 1.29 is 0 Å². The topological polar surface area (TPSA) is 12.9 Å². The van der Waals surface area contributed by atoms with Crippen LogP contribution in [0, 0.1) is 5.92 Å². The van der Waals surface area contributed by atoms with Crippen molar-refractivity contribution in [1.82, 2.24) is 4.98 Å². The van der Waals surface area contributed by atoms with E-state index in [9.17, 15) is 0 Å². The number of hydrogen-bond donors (Lipinski definition) is 0. The Kier molecular flexibility index (Phi) is 5.69. The van der Waals surface area contributed by atoms with Crippen LogP contribution in [0.2, 0.25) is 0 Å². The molecule has 0 spiro atoms. The Balaban J connectivity index is 2.39. The van der Waals surface area contributed by atoms with Crippen LogP contribution in [0.25, 0.3) is 0 Å². The average Bonchev–Trinajstić information content (AvgIpc) is 2.65. The fraction of sp³-hybridized carbons (Fsp3) is 0.750. The maximum Gasteiger partial charge on any atom is 0.103 e. The standard InChI is InChI=1S/C12H21NS2/c1-5-10(4)11-7-15-12(13-11)8-14-6-9(2)3/h7,9-10H,5-6,8H2,1-4H3. The second-order valence-corrected chi connectivity index (χ2v) is 6.36. The first-order chi connectivity index (χ1) is 7.13. The number of aromatic nitrogens is 1. The van der Waals surface area contributed by atoms with Gasteiger partial charge in [-0.2, -0.15) is 11.8 Å². The molecule has 0 bridgehead atoms. The number of rotatable bonds is 6. The Hall–Kier alpha value is -0.0200. The van der Waals surface area contributed by atoms with E-state index in [1.165, 1.54) is 22.9 Å². The Bertz CT molecular complexity index is 281. The third kappa shape index (κ3) is 4.56. The van der Waals surface area contributed by atoms with E-state index in [0.29, 0.717) is 5.92 Å². The Labute approximate surface area is 102 Å². The van der Waals surface area contributed by atoms with Crippen molar-refractivity contribution >= 4 is 23.1 Å². The molecule has 1 atom stereocenters. The molecule has 0 aliphatic heterocycles. The van der Waals surface area contributed by atoms with Gasteiger partial charge in [-0.1, -0.05) is 27.7 Å². The SMILES string of the molecule is CCC(C)c1csc(CSCC(C)C)n1. The monoisotopic (exact) mass is 243 g/mol. The summed E-state index contributed by atoms with van der Waals surface area (Å²) in [6.07, 6.45) is 1.18. The van der Waals surface area contributed by atoms with Crippen LogP contribution in [0.1, 0.15) is 50.7 Å². The fourth-order valence-electron chi connectivity index (χ4n) is 1.21. The van der Waals surface area contributed by atoms with Gasteiger partial charge < -0.3 is 0 Å². The summed E-state index contributed by atoms with van der Waals surface area (Å²) in [5.74, 6) is 3.71. The molecule has 1 heterocycles. The number of hydrogen-bond acceptors (Lipinski definition) is 3. The molecule has 1 unspecified atom stereocenters. The Morgan fingerprint density at radius 3 is 2.73 bits per heavy atom. The van der Waals surface area contributed by atoms with Crippen molar-refractivity contribution in [3.8, 4) is 0 Å². The van der Waals surface area contributed by atoms with Gasteiger partial charge in [0.05, 0.1) is 5.69 Å². The van der Waals surface area contributed by atoms with Gasteiger partial charge in [-0.3, -0.25) is 0 Å². The van der Waals surface area contributed by atoms with Gasteiger partial charge in [0, 0.05) is 11.1 Å². The molecule has 0 saturated carbocycles. The van der Waals surface area contributed by atoms with E-state index < -0.39 is 0 Å². The van der Waals surface area contributed by atoms with Gasteiger partial charge in [0.15, 0.2) is 0 Å². The first-order valence-corrected chi connectivity index (χ1v) is 7.69. The van der Waals surface area contributed by atoms with Crippen molar-refractivity contribution in [2.75, 3.05) is 5.75 Å². The fourth-order valence-corrected chi connectivity index (χ4v) is 3.26. The molecule has 1 aromatic heterocycles. The zero-order chi connectivity index (χ0) is 11.3. The third-order valence-electron chi connectivity index (χ3n) is 2.36. The normalized spacial score (nSPS) is 13.4. The minimum absolute atomic E-state index is 0.616. The lowest BCUT2D eigenvalue weighted by Crippen LogP contribution is -1.93. The van der Waals surface area contributed by atoms with E-state index >= 15 is 0 Å². The van der Waals surface area contributed by atoms with Gasteiger partial charge in [0.1, 0.15) is 5.01 Å². The highest BCUT2D eigenvalue weighted by Gasteiger charge is 2.08. The van der Waals surface area contributed by atoms with Gasteiger partial charge in [-0.15, -0.1) is 11.3 Å². The number of nitrogens with zero attached hydrogens (tertiary/aromatic N) is 1. The maximum absolute atomic E-state index is 4.68. The van der Waals surface area contributed by atoms with Crippen LogP contribution in [0.15, 0.2) is 5.38 Å². The van der Waals surface area contributed by atoms with E-state index in [0.717, 1.165) is 11.7 Å². The van der Waals surface area contributed by atoms with Gasteiger partial charge in [0.2, 0.25) is 0 Å². The molecule has 1 rings (SSSR count). The minimum Gasteiger partial charge on any atom is -0.245 e. The highest BCUT2D eigenvalue weighted by atomic mass is 32.2. The first-order valence-electron chi connectivity index (χ1n) is 5.65. The van der Waals surface area contributed by atoms with Gasteiger partial charge in [-0.25, -0.2) is 4.98 Å². The molecule has 3 heteroatoms. The number of thioether (sulfide) groups is 1. The summed E-state index contributed by atoms with van der Waals surface area (Å²) in [4.78, 5) is 4.68. The van der Waals surface area contributed by atoms with Crippen molar-refractivity contribution in [2.24, 2.45) is 5.92 Å². The molecule has 0 fully saturated rings. The smallest absolute Gasteiger partial charge is 0.103 e. The molecule has 0 aliphatic rings. The quantitative estimate of drug-likeness (QED) is 0.727. The molecule has 0 radical (unpaired) electrons. The van der Waals surface area contributed by atoms with Gasteiger partial charge in [-0.05, 0) is 24.0 Å². The molecule has 0 aromatic carbocycles. The van der Waals surface area contributed by atoms with Crippen molar-refractivity contribution in [3.63, 3.8) is 0 Å². The highest BCUT2D eigenvalue weighted by Crippen LogP contribution is 2.24. The average molecular weight is 243 g/mol. The summed E-state index contributed by atoms with van der Waals surface area (Å²) in [5.41, 5.74) is 1.28. The zero-order valence-corrected chi connectivity index (χ0v) is 11.8. The van der Waals surface area contributed by atoms with Crippen LogP contribution in [0.4, 0.5) is 0 Å². The largest absolute Gasteiger partial charge is 0.245 e. The van der Waals surface area contributed by atoms with Crippen LogP contribution in [-0.4, -0.2) is 10.7 Å². The second-order valence-electron chi connectivity index (χ2n) is 4.38.